The highest BCUT2D eigenvalue weighted by molar-refractivity contribution is 7.14. The van der Waals surface area contributed by atoms with Crippen LogP contribution in [-0.4, -0.2) is 44.9 Å². The summed E-state index contributed by atoms with van der Waals surface area (Å²) in [5.74, 6) is -0.133. The van der Waals surface area contributed by atoms with E-state index in [4.69, 9.17) is 5.11 Å². The third-order valence-corrected chi connectivity index (χ3v) is 5.45. The smallest absolute Gasteiger partial charge is 0.307 e. The average molecular weight is 344 g/mol. The summed E-state index contributed by atoms with van der Waals surface area (Å²) >= 11 is 1.35. The summed E-state index contributed by atoms with van der Waals surface area (Å²) in [5.41, 5.74) is 0.393. The van der Waals surface area contributed by atoms with Gasteiger partial charge in [-0.2, -0.15) is 0 Å². The van der Waals surface area contributed by atoms with Crippen LogP contribution in [-0.2, 0) is 4.79 Å². The number of amides is 1. The van der Waals surface area contributed by atoms with Crippen molar-refractivity contribution in [3.8, 4) is 0 Å². The summed E-state index contributed by atoms with van der Waals surface area (Å²) in [6.07, 6.45) is 2.44. The van der Waals surface area contributed by atoms with E-state index in [-0.39, 0.29) is 23.7 Å². The fourth-order valence-electron chi connectivity index (χ4n) is 3.43. The molecule has 8 heteroatoms. The standard InChI is InChI=1S/C16H16N4O3S/c21-14(20-6-4-9-10(7-20)13(9)15(22)23)11-8-24-16(18-11)19-12-3-1-2-5-17-12/h1-3,5,8-10,13H,4,6-7H2,(H,22,23)(H,17,18,19)/t9-,10+,13-/m1/s1. The van der Waals surface area contributed by atoms with E-state index in [0.29, 0.717) is 29.7 Å². The quantitative estimate of drug-likeness (QED) is 0.882. The Kier molecular flexibility index (Phi) is 3.68. The second kappa shape index (κ2) is 5.86. The number of anilines is 2. The van der Waals surface area contributed by atoms with Crippen LogP contribution in [0.2, 0.25) is 0 Å². The topological polar surface area (TPSA) is 95.4 Å². The number of carbonyl (C=O) groups is 2. The van der Waals surface area contributed by atoms with Gasteiger partial charge >= 0.3 is 5.97 Å². The van der Waals surface area contributed by atoms with Crippen LogP contribution in [0.1, 0.15) is 16.9 Å². The molecule has 7 nitrogen and oxygen atoms in total. The zero-order valence-electron chi connectivity index (χ0n) is 12.8. The Hall–Kier alpha value is -2.48. The number of nitrogens with zero attached hydrogens (tertiary/aromatic N) is 3. The molecule has 1 amide bonds. The largest absolute Gasteiger partial charge is 0.481 e. The third kappa shape index (κ3) is 2.73. The normalized spacial score (nSPS) is 25.0. The molecule has 3 heterocycles. The highest BCUT2D eigenvalue weighted by atomic mass is 32.1. The first-order valence-electron chi connectivity index (χ1n) is 7.79. The minimum absolute atomic E-state index is 0.102. The molecule has 1 saturated heterocycles. The van der Waals surface area contributed by atoms with Crippen molar-refractivity contribution in [2.24, 2.45) is 17.8 Å². The van der Waals surface area contributed by atoms with Crippen molar-refractivity contribution in [2.75, 3.05) is 18.4 Å². The Morgan fingerprint density at radius 3 is 2.96 bits per heavy atom. The summed E-state index contributed by atoms with van der Waals surface area (Å²) in [6, 6.07) is 5.52. The molecule has 1 saturated carbocycles. The lowest BCUT2D eigenvalue weighted by Crippen LogP contribution is -2.37. The number of hydrogen-bond donors (Lipinski definition) is 2. The number of nitrogens with one attached hydrogen (secondary N) is 1. The maximum absolute atomic E-state index is 12.6. The summed E-state index contributed by atoms with van der Waals surface area (Å²) < 4.78 is 0. The Morgan fingerprint density at radius 2 is 2.21 bits per heavy atom. The molecule has 3 atom stereocenters. The lowest BCUT2D eigenvalue weighted by molar-refractivity contribution is -0.139. The van der Waals surface area contributed by atoms with Crippen molar-refractivity contribution in [1.82, 2.24) is 14.9 Å². The molecule has 2 N–H and O–H groups in total. The number of carboxylic acids is 1. The molecular weight excluding hydrogens is 328 g/mol. The first kappa shape index (κ1) is 15.1. The Balaban J connectivity index is 1.41. The molecule has 0 spiro atoms. The van der Waals surface area contributed by atoms with Gasteiger partial charge in [-0.1, -0.05) is 6.07 Å². The molecule has 4 rings (SSSR count). The van der Waals surface area contributed by atoms with E-state index in [9.17, 15) is 9.59 Å². The number of carbonyl (C=O) groups excluding carboxylic acids is 1. The maximum atomic E-state index is 12.6. The van der Waals surface area contributed by atoms with Gasteiger partial charge in [0.25, 0.3) is 5.91 Å². The molecule has 2 aromatic rings. The van der Waals surface area contributed by atoms with Crippen molar-refractivity contribution in [3.63, 3.8) is 0 Å². The van der Waals surface area contributed by atoms with Crippen molar-refractivity contribution in [2.45, 2.75) is 6.42 Å². The zero-order valence-corrected chi connectivity index (χ0v) is 13.6. The van der Waals surface area contributed by atoms with E-state index in [1.54, 1.807) is 16.5 Å². The highest BCUT2D eigenvalue weighted by Gasteiger charge is 2.57. The molecule has 0 unspecified atom stereocenters. The molecule has 2 aliphatic rings. The highest BCUT2D eigenvalue weighted by Crippen LogP contribution is 2.51. The predicted octanol–water partition coefficient (Wildman–Crippen LogP) is 2.07. The minimum Gasteiger partial charge on any atom is -0.481 e. The number of thiazole rings is 1. The number of likely N-dealkylation sites (tertiary alicyclic amines) is 1. The first-order valence-corrected chi connectivity index (χ1v) is 8.67. The number of aromatic nitrogens is 2. The van der Waals surface area contributed by atoms with Crippen molar-refractivity contribution < 1.29 is 14.7 Å². The van der Waals surface area contributed by atoms with E-state index in [2.05, 4.69) is 15.3 Å². The van der Waals surface area contributed by atoms with Crippen molar-refractivity contribution in [3.05, 3.63) is 35.5 Å². The van der Waals surface area contributed by atoms with Gasteiger partial charge in [-0.3, -0.25) is 9.59 Å². The molecule has 1 aliphatic heterocycles. The van der Waals surface area contributed by atoms with Crippen LogP contribution < -0.4 is 5.32 Å². The van der Waals surface area contributed by atoms with Crippen LogP contribution in [0, 0.1) is 17.8 Å². The molecule has 1 aliphatic carbocycles. The number of fused-ring (bicyclic) bond motifs is 1. The van der Waals surface area contributed by atoms with E-state index < -0.39 is 5.97 Å². The Morgan fingerprint density at radius 1 is 1.33 bits per heavy atom. The minimum atomic E-state index is -0.741. The van der Waals surface area contributed by atoms with Crippen molar-refractivity contribution in [1.29, 1.82) is 0 Å². The lowest BCUT2D eigenvalue weighted by atomic mass is 10.1. The van der Waals surface area contributed by atoms with Crippen LogP contribution in [0.4, 0.5) is 10.9 Å². The monoisotopic (exact) mass is 344 g/mol. The van der Waals surface area contributed by atoms with Gasteiger partial charge in [-0.25, -0.2) is 9.97 Å². The van der Waals surface area contributed by atoms with Gasteiger partial charge in [0, 0.05) is 24.7 Å². The van der Waals surface area contributed by atoms with Gasteiger partial charge in [0.15, 0.2) is 5.13 Å². The number of hydrogen-bond acceptors (Lipinski definition) is 6. The molecular formula is C16H16N4O3S. The molecule has 2 fully saturated rings. The summed E-state index contributed by atoms with van der Waals surface area (Å²) in [5, 5.41) is 14.5. The average Bonchev–Trinajstić information content (AvgIpc) is 3.14. The van der Waals surface area contributed by atoms with Crippen LogP contribution >= 0.6 is 11.3 Å². The van der Waals surface area contributed by atoms with E-state index in [0.717, 1.165) is 6.42 Å². The number of carboxylic acid groups (broad SMARTS) is 1. The molecule has 0 bridgehead atoms. The molecule has 24 heavy (non-hydrogen) atoms. The molecule has 2 aromatic heterocycles. The second-order valence-electron chi connectivity index (χ2n) is 6.11. The SMILES string of the molecule is O=C(O)[C@@H]1[C@@H]2CCN(C(=O)c3csc(Nc4ccccn4)n3)C[C@@H]21. The fraction of sp³-hybridized carbons (Fsp3) is 0.375. The summed E-state index contributed by atoms with van der Waals surface area (Å²) in [6.45, 7) is 1.12. The van der Waals surface area contributed by atoms with Crippen molar-refractivity contribution >= 4 is 34.2 Å². The fourth-order valence-corrected chi connectivity index (χ4v) is 4.12. The van der Waals surface area contributed by atoms with E-state index >= 15 is 0 Å². The maximum Gasteiger partial charge on any atom is 0.307 e. The molecule has 0 radical (unpaired) electrons. The van der Waals surface area contributed by atoms with Gasteiger partial charge in [0.2, 0.25) is 0 Å². The molecule has 0 aromatic carbocycles. The number of pyridine rings is 1. The predicted molar refractivity (Wildman–Crippen MR) is 88.3 cm³/mol. The lowest BCUT2D eigenvalue weighted by Gasteiger charge is -2.25. The van der Waals surface area contributed by atoms with Crippen LogP contribution in [0.25, 0.3) is 0 Å². The Labute approximate surface area is 142 Å². The van der Waals surface area contributed by atoms with Gasteiger partial charge < -0.3 is 15.3 Å². The van der Waals surface area contributed by atoms with Crippen LogP contribution in [0.3, 0.4) is 0 Å². The van der Waals surface area contributed by atoms with Crippen LogP contribution in [0.15, 0.2) is 29.8 Å². The van der Waals surface area contributed by atoms with Gasteiger partial charge in [-0.15, -0.1) is 11.3 Å². The summed E-state index contributed by atoms with van der Waals surface area (Å²) in [4.78, 5) is 33.9. The first-order chi connectivity index (χ1) is 11.6. The second-order valence-corrected chi connectivity index (χ2v) is 6.97. The van der Waals surface area contributed by atoms with E-state index in [1.807, 2.05) is 18.2 Å². The number of aliphatic carboxylic acids is 1. The summed E-state index contributed by atoms with van der Waals surface area (Å²) in [7, 11) is 0. The van der Waals surface area contributed by atoms with E-state index in [1.165, 1.54) is 11.3 Å². The zero-order chi connectivity index (χ0) is 16.7. The number of rotatable bonds is 4. The Bertz CT molecular complexity index is 779. The van der Waals surface area contributed by atoms with Gasteiger partial charge in [0.1, 0.15) is 11.5 Å². The number of piperidine rings is 1. The molecule has 124 valence electrons. The van der Waals surface area contributed by atoms with Crippen LogP contribution in [0.5, 0.6) is 0 Å². The third-order valence-electron chi connectivity index (χ3n) is 4.69. The van der Waals surface area contributed by atoms with Gasteiger partial charge in [-0.05, 0) is 30.4 Å². The van der Waals surface area contributed by atoms with Gasteiger partial charge in [0.05, 0.1) is 5.92 Å².